The molecule has 4 heteroatoms. The van der Waals surface area contributed by atoms with Crippen molar-refractivity contribution in [3.63, 3.8) is 0 Å². The molecule has 0 unspecified atom stereocenters. The Bertz CT molecular complexity index is 772. The van der Waals surface area contributed by atoms with E-state index in [-0.39, 0.29) is 12.2 Å². The monoisotopic (exact) mass is 326 g/mol. The quantitative estimate of drug-likeness (QED) is 0.687. The summed E-state index contributed by atoms with van der Waals surface area (Å²) in [5, 5.41) is 1.01. The van der Waals surface area contributed by atoms with Gasteiger partial charge in [-0.3, -0.25) is 9.78 Å². The highest BCUT2D eigenvalue weighted by molar-refractivity contribution is 9.10. The first-order chi connectivity index (χ1) is 9.74. The number of fused-ring (bicyclic) bond motifs is 1. The summed E-state index contributed by atoms with van der Waals surface area (Å²) in [4.78, 5) is 21.0. The molecule has 0 spiro atoms. The van der Waals surface area contributed by atoms with Crippen LogP contribution in [0, 0.1) is 0 Å². The van der Waals surface area contributed by atoms with Gasteiger partial charge in [0.25, 0.3) is 0 Å². The van der Waals surface area contributed by atoms with Crippen LogP contribution < -0.4 is 0 Å². The van der Waals surface area contributed by atoms with Crippen molar-refractivity contribution in [2.24, 2.45) is 0 Å². The number of nitrogens with zero attached hydrogens (tertiary/aromatic N) is 2. The normalized spacial score (nSPS) is 10.7. The molecular weight excluding hydrogens is 316 g/mol. The van der Waals surface area contributed by atoms with Crippen LogP contribution >= 0.6 is 15.9 Å². The zero-order valence-electron chi connectivity index (χ0n) is 10.6. The van der Waals surface area contributed by atoms with Crippen LogP contribution in [0.2, 0.25) is 0 Å². The van der Waals surface area contributed by atoms with Gasteiger partial charge in [-0.25, -0.2) is 4.98 Å². The van der Waals surface area contributed by atoms with Gasteiger partial charge in [0.15, 0.2) is 5.78 Å². The van der Waals surface area contributed by atoms with Crippen LogP contribution in [0.1, 0.15) is 16.2 Å². The highest BCUT2D eigenvalue weighted by atomic mass is 79.9. The lowest BCUT2D eigenvalue weighted by Crippen LogP contribution is -2.08. The Labute approximate surface area is 124 Å². The summed E-state index contributed by atoms with van der Waals surface area (Å²) in [5.74, 6) is -0.0404. The van der Waals surface area contributed by atoms with Gasteiger partial charge < -0.3 is 0 Å². The number of carbonyl (C=O) groups is 1. The zero-order valence-corrected chi connectivity index (χ0v) is 12.2. The number of benzene rings is 1. The van der Waals surface area contributed by atoms with Crippen molar-refractivity contribution >= 4 is 32.6 Å². The van der Waals surface area contributed by atoms with Crippen LogP contribution in [-0.4, -0.2) is 15.8 Å². The predicted octanol–water partition coefficient (Wildman–Crippen LogP) is 3.82. The largest absolute Gasteiger partial charge is 0.292 e. The summed E-state index contributed by atoms with van der Waals surface area (Å²) in [6.07, 6.45) is 1.94. The Balaban J connectivity index is 1.97. The lowest BCUT2D eigenvalue weighted by Gasteiger charge is -2.05. The minimum atomic E-state index is -0.0404. The topological polar surface area (TPSA) is 42.9 Å². The molecule has 0 saturated carbocycles. The van der Waals surface area contributed by atoms with E-state index in [9.17, 15) is 4.79 Å². The van der Waals surface area contributed by atoms with Crippen molar-refractivity contribution in [3.8, 4) is 0 Å². The maximum Gasteiger partial charge on any atom is 0.188 e. The van der Waals surface area contributed by atoms with Crippen LogP contribution in [0.4, 0.5) is 0 Å². The van der Waals surface area contributed by atoms with Crippen molar-refractivity contribution in [1.29, 1.82) is 0 Å². The molecule has 0 radical (unpaired) electrons. The summed E-state index contributed by atoms with van der Waals surface area (Å²) in [7, 11) is 0. The summed E-state index contributed by atoms with van der Waals surface area (Å²) < 4.78 is 0.720. The molecule has 3 aromatic rings. The Morgan fingerprint density at radius 2 is 1.90 bits per heavy atom. The third kappa shape index (κ3) is 2.60. The molecule has 3 rings (SSSR count). The van der Waals surface area contributed by atoms with E-state index >= 15 is 0 Å². The summed E-state index contributed by atoms with van der Waals surface area (Å²) in [5.41, 5.74) is 2.02. The fourth-order valence-corrected chi connectivity index (χ4v) is 2.59. The number of rotatable bonds is 3. The van der Waals surface area contributed by atoms with Crippen LogP contribution in [0.25, 0.3) is 10.9 Å². The first-order valence-electron chi connectivity index (χ1n) is 6.22. The standard InChI is InChI=1S/C16H11BrN2O/c17-13-9-11-5-1-2-7-14(11)19-16(13)15(20)10-12-6-3-4-8-18-12/h1-9H,10H2. The van der Waals surface area contributed by atoms with E-state index in [4.69, 9.17) is 0 Å². The molecule has 98 valence electrons. The first-order valence-corrected chi connectivity index (χ1v) is 7.02. The molecule has 1 aromatic carbocycles. The first kappa shape index (κ1) is 12.9. The zero-order chi connectivity index (χ0) is 13.9. The summed E-state index contributed by atoms with van der Waals surface area (Å²) in [6, 6.07) is 15.2. The number of aromatic nitrogens is 2. The molecule has 0 bridgehead atoms. The van der Waals surface area contributed by atoms with Gasteiger partial charge in [0.2, 0.25) is 0 Å². The maximum atomic E-state index is 12.3. The number of Topliss-reactive ketones (excluding diaryl/α,β-unsaturated/α-hetero) is 1. The fourth-order valence-electron chi connectivity index (χ4n) is 2.04. The molecule has 0 aliphatic heterocycles. The van der Waals surface area contributed by atoms with Crippen molar-refractivity contribution in [2.75, 3.05) is 0 Å². The average molecular weight is 327 g/mol. The second kappa shape index (κ2) is 5.51. The van der Waals surface area contributed by atoms with E-state index in [1.165, 1.54) is 0 Å². The Kier molecular flexibility index (Phi) is 3.56. The average Bonchev–Trinajstić information content (AvgIpc) is 2.47. The molecule has 2 aromatic heterocycles. The molecule has 0 N–H and O–H groups in total. The van der Waals surface area contributed by atoms with Crippen molar-refractivity contribution in [2.45, 2.75) is 6.42 Å². The molecule has 0 aliphatic carbocycles. The number of carbonyl (C=O) groups excluding carboxylic acids is 1. The molecule has 2 heterocycles. The molecule has 0 saturated heterocycles. The van der Waals surface area contributed by atoms with Gasteiger partial charge >= 0.3 is 0 Å². The SMILES string of the molecule is O=C(Cc1ccccn1)c1nc2ccccc2cc1Br. The number of pyridine rings is 2. The fraction of sp³-hybridized carbons (Fsp3) is 0.0625. The number of hydrogen-bond acceptors (Lipinski definition) is 3. The highest BCUT2D eigenvalue weighted by Crippen LogP contribution is 2.22. The number of para-hydroxylation sites is 1. The summed E-state index contributed by atoms with van der Waals surface area (Å²) in [6.45, 7) is 0. The Morgan fingerprint density at radius 1 is 1.10 bits per heavy atom. The van der Waals surface area contributed by atoms with E-state index in [1.54, 1.807) is 6.20 Å². The van der Waals surface area contributed by atoms with Crippen LogP contribution in [0.3, 0.4) is 0 Å². The third-order valence-corrected chi connectivity index (χ3v) is 3.61. The minimum Gasteiger partial charge on any atom is -0.292 e. The van der Waals surface area contributed by atoms with Crippen molar-refractivity contribution in [3.05, 3.63) is 70.6 Å². The predicted molar refractivity (Wildman–Crippen MR) is 81.7 cm³/mol. The van der Waals surface area contributed by atoms with E-state index in [1.807, 2.05) is 48.5 Å². The smallest absolute Gasteiger partial charge is 0.188 e. The lowest BCUT2D eigenvalue weighted by molar-refractivity contribution is 0.0987. The number of ketones is 1. The Hall–Kier alpha value is -2.07. The van der Waals surface area contributed by atoms with Crippen LogP contribution in [0.15, 0.2) is 59.2 Å². The van der Waals surface area contributed by atoms with Crippen LogP contribution in [-0.2, 0) is 6.42 Å². The van der Waals surface area contributed by atoms with Crippen molar-refractivity contribution < 1.29 is 4.79 Å². The molecule has 0 amide bonds. The maximum absolute atomic E-state index is 12.3. The third-order valence-electron chi connectivity index (χ3n) is 3.01. The molecule has 0 fully saturated rings. The van der Waals surface area contributed by atoms with Gasteiger partial charge in [-0.1, -0.05) is 24.3 Å². The van der Waals surface area contributed by atoms with E-state index in [0.29, 0.717) is 5.69 Å². The van der Waals surface area contributed by atoms with Gasteiger partial charge in [-0.05, 0) is 40.2 Å². The second-order valence-electron chi connectivity index (χ2n) is 4.43. The molecular formula is C16H11BrN2O. The molecule has 3 nitrogen and oxygen atoms in total. The highest BCUT2D eigenvalue weighted by Gasteiger charge is 2.14. The van der Waals surface area contributed by atoms with Gasteiger partial charge in [-0.15, -0.1) is 0 Å². The van der Waals surface area contributed by atoms with Gasteiger partial charge in [0, 0.05) is 21.7 Å². The van der Waals surface area contributed by atoms with Crippen LogP contribution in [0.5, 0.6) is 0 Å². The van der Waals surface area contributed by atoms with Gasteiger partial charge in [0.05, 0.1) is 11.9 Å². The van der Waals surface area contributed by atoms with E-state index in [2.05, 4.69) is 25.9 Å². The number of halogens is 1. The minimum absolute atomic E-state index is 0.0404. The lowest BCUT2D eigenvalue weighted by atomic mass is 10.1. The van der Waals surface area contributed by atoms with E-state index in [0.717, 1.165) is 21.1 Å². The van der Waals surface area contributed by atoms with Gasteiger partial charge in [0.1, 0.15) is 5.69 Å². The Morgan fingerprint density at radius 3 is 2.70 bits per heavy atom. The van der Waals surface area contributed by atoms with E-state index < -0.39 is 0 Å². The summed E-state index contributed by atoms with van der Waals surface area (Å²) >= 11 is 3.43. The number of hydrogen-bond donors (Lipinski definition) is 0. The van der Waals surface area contributed by atoms with Crippen molar-refractivity contribution in [1.82, 2.24) is 9.97 Å². The van der Waals surface area contributed by atoms with Gasteiger partial charge in [-0.2, -0.15) is 0 Å². The molecule has 20 heavy (non-hydrogen) atoms. The molecule has 0 atom stereocenters. The molecule has 0 aliphatic rings. The second-order valence-corrected chi connectivity index (χ2v) is 5.29.